The molecule has 88 valence electrons. The SMILES string of the molecule is CCOC(=O)N1CCCC2=C1CCC(=O)C2. The first-order chi connectivity index (χ1) is 7.72. The normalized spacial score (nSPS) is 20.8. The van der Waals surface area contributed by atoms with Crippen LogP contribution in [0.25, 0.3) is 0 Å². The number of rotatable bonds is 1. The van der Waals surface area contributed by atoms with E-state index in [4.69, 9.17) is 4.74 Å². The Hall–Kier alpha value is -1.32. The fraction of sp³-hybridized carbons (Fsp3) is 0.667. The van der Waals surface area contributed by atoms with E-state index in [1.54, 1.807) is 4.90 Å². The van der Waals surface area contributed by atoms with Gasteiger partial charge in [0, 0.05) is 25.1 Å². The molecule has 0 radical (unpaired) electrons. The summed E-state index contributed by atoms with van der Waals surface area (Å²) in [6.07, 6.45) is 3.43. The smallest absolute Gasteiger partial charge is 0.413 e. The highest BCUT2D eigenvalue weighted by Crippen LogP contribution is 2.32. The van der Waals surface area contributed by atoms with Gasteiger partial charge in [0.15, 0.2) is 0 Å². The molecule has 1 heterocycles. The van der Waals surface area contributed by atoms with E-state index < -0.39 is 0 Å². The maximum absolute atomic E-state index is 11.7. The van der Waals surface area contributed by atoms with Crippen molar-refractivity contribution >= 4 is 11.9 Å². The third-order valence-corrected chi connectivity index (χ3v) is 3.13. The number of carbonyl (C=O) groups excluding carboxylic acids is 2. The second-order valence-electron chi connectivity index (χ2n) is 4.22. The molecule has 0 saturated carbocycles. The number of allylic oxidation sites excluding steroid dienone is 2. The molecular formula is C12H17NO3. The van der Waals surface area contributed by atoms with Crippen molar-refractivity contribution in [3.05, 3.63) is 11.3 Å². The molecule has 4 nitrogen and oxygen atoms in total. The van der Waals surface area contributed by atoms with Gasteiger partial charge in [-0.25, -0.2) is 4.79 Å². The fourth-order valence-electron chi connectivity index (χ4n) is 2.41. The van der Waals surface area contributed by atoms with Crippen molar-refractivity contribution in [2.45, 2.75) is 39.0 Å². The van der Waals surface area contributed by atoms with Gasteiger partial charge in [-0.2, -0.15) is 0 Å². The Morgan fingerprint density at radius 2 is 2.19 bits per heavy atom. The topological polar surface area (TPSA) is 46.6 Å². The van der Waals surface area contributed by atoms with Gasteiger partial charge in [-0.1, -0.05) is 0 Å². The lowest BCUT2D eigenvalue weighted by molar-refractivity contribution is -0.119. The molecule has 0 bridgehead atoms. The van der Waals surface area contributed by atoms with Crippen LogP contribution in [0.3, 0.4) is 0 Å². The van der Waals surface area contributed by atoms with Gasteiger partial charge in [-0.05, 0) is 31.8 Å². The van der Waals surface area contributed by atoms with E-state index in [2.05, 4.69) is 0 Å². The van der Waals surface area contributed by atoms with Crippen molar-refractivity contribution in [3.8, 4) is 0 Å². The van der Waals surface area contributed by atoms with Crippen LogP contribution < -0.4 is 0 Å². The third-order valence-electron chi connectivity index (χ3n) is 3.13. The van der Waals surface area contributed by atoms with Gasteiger partial charge < -0.3 is 4.74 Å². The zero-order chi connectivity index (χ0) is 11.5. The molecule has 0 aromatic heterocycles. The van der Waals surface area contributed by atoms with Crippen molar-refractivity contribution in [2.75, 3.05) is 13.2 Å². The van der Waals surface area contributed by atoms with Crippen molar-refractivity contribution in [3.63, 3.8) is 0 Å². The first-order valence-corrected chi connectivity index (χ1v) is 5.89. The van der Waals surface area contributed by atoms with Gasteiger partial charge in [0.1, 0.15) is 5.78 Å². The summed E-state index contributed by atoms with van der Waals surface area (Å²) in [5.41, 5.74) is 2.19. The molecule has 0 N–H and O–H groups in total. The van der Waals surface area contributed by atoms with Crippen molar-refractivity contribution in [1.29, 1.82) is 0 Å². The third kappa shape index (κ3) is 2.10. The van der Waals surface area contributed by atoms with Crippen LogP contribution in [-0.2, 0) is 9.53 Å². The Bertz CT molecular complexity index is 346. The highest BCUT2D eigenvalue weighted by atomic mass is 16.6. The Labute approximate surface area is 95.2 Å². The van der Waals surface area contributed by atoms with Crippen LogP contribution >= 0.6 is 0 Å². The van der Waals surface area contributed by atoms with Gasteiger partial charge in [0.05, 0.1) is 6.61 Å². The summed E-state index contributed by atoms with van der Waals surface area (Å²) in [5, 5.41) is 0. The summed E-state index contributed by atoms with van der Waals surface area (Å²) in [7, 11) is 0. The van der Waals surface area contributed by atoms with Crippen LogP contribution in [0.2, 0.25) is 0 Å². The number of hydrogen-bond acceptors (Lipinski definition) is 3. The van der Waals surface area contributed by atoms with E-state index in [1.165, 1.54) is 0 Å². The molecule has 2 aliphatic rings. The molecule has 2 rings (SSSR count). The van der Waals surface area contributed by atoms with Crippen LogP contribution in [0, 0.1) is 0 Å². The summed E-state index contributed by atoms with van der Waals surface area (Å²) in [6, 6.07) is 0. The van der Waals surface area contributed by atoms with Crippen molar-refractivity contribution in [1.82, 2.24) is 4.90 Å². The number of Topliss-reactive ketones (excluding diaryl/α,β-unsaturated/α-hetero) is 1. The lowest BCUT2D eigenvalue weighted by Gasteiger charge is -2.33. The largest absolute Gasteiger partial charge is 0.449 e. The first-order valence-electron chi connectivity index (χ1n) is 5.89. The molecule has 1 aliphatic heterocycles. The molecular weight excluding hydrogens is 206 g/mol. The van der Waals surface area contributed by atoms with Crippen LogP contribution in [0.4, 0.5) is 4.79 Å². The summed E-state index contributed by atoms with van der Waals surface area (Å²) >= 11 is 0. The molecule has 1 amide bonds. The summed E-state index contributed by atoms with van der Waals surface area (Å²) in [4.78, 5) is 24.8. The Balaban J connectivity index is 2.17. The Morgan fingerprint density at radius 3 is 2.94 bits per heavy atom. The maximum Gasteiger partial charge on any atom is 0.413 e. The summed E-state index contributed by atoms with van der Waals surface area (Å²) in [6.45, 7) is 2.93. The quantitative estimate of drug-likeness (QED) is 0.685. The predicted molar refractivity (Wildman–Crippen MR) is 58.8 cm³/mol. The van der Waals surface area contributed by atoms with E-state index in [0.29, 0.717) is 31.7 Å². The summed E-state index contributed by atoms with van der Waals surface area (Å²) in [5.74, 6) is 0.296. The van der Waals surface area contributed by atoms with Crippen molar-refractivity contribution in [2.24, 2.45) is 0 Å². The molecule has 0 fully saturated rings. The lowest BCUT2D eigenvalue weighted by atomic mass is 9.89. The first kappa shape index (κ1) is 11.2. The second-order valence-corrected chi connectivity index (χ2v) is 4.22. The van der Waals surface area contributed by atoms with Crippen LogP contribution in [0.5, 0.6) is 0 Å². The molecule has 1 aliphatic carbocycles. The maximum atomic E-state index is 11.7. The van der Waals surface area contributed by atoms with Crippen LogP contribution in [0.1, 0.15) is 39.0 Å². The van der Waals surface area contributed by atoms with E-state index in [-0.39, 0.29) is 6.09 Å². The minimum absolute atomic E-state index is 0.260. The minimum Gasteiger partial charge on any atom is -0.449 e. The molecule has 4 heteroatoms. The average molecular weight is 223 g/mol. The number of ketones is 1. The fourth-order valence-corrected chi connectivity index (χ4v) is 2.41. The van der Waals surface area contributed by atoms with E-state index in [1.807, 2.05) is 6.92 Å². The molecule has 0 saturated heterocycles. The van der Waals surface area contributed by atoms with Gasteiger partial charge in [0.25, 0.3) is 0 Å². The monoisotopic (exact) mass is 223 g/mol. The molecule has 16 heavy (non-hydrogen) atoms. The Morgan fingerprint density at radius 1 is 1.38 bits per heavy atom. The van der Waals surface area contributed by atoms with Gasteiger partial charge in [-0.15, -0.1) is 0 Å². The molecule has 0 aromatic carbocycles. The molecule has 0 unspecified atom stereocenters. The minimum atomic E-state index is -0.260. The van der Waals surface area contributed by atoms with Crippen LogP contribution in [0.15, 0.2) is 11.3 Å². The Kier molecular flexibility index (Phi) is 3.27. The van der Waals surface area contributed by atoms with E-state index in [9.17, 15) is 9.59 Å². The van der Waals surface area contributed by atoms with E-state index >= 15 is 0 Å². The standard InChI is InChI=1S/C12H17NO3/c1-2-16-12(15)13-7-3-4-9-8-10(14)5-6-11(9)13/h2-8H2,1H3. The second kappa shape index (κ2) is 4.68. The van der Waals surface area contributed by atoms with Gasteiger partial charge >= 0.3 is 6.09 Å². The zero-order valence-corrected chi connectivity index (χ0v) is 9.62. The van der Waals surface area contributed by atoms with Gasteiger partial charge in [0.2, 0.25) is 0 Å². The van der Waals surface area contributed by atoms with Gasteiger partial charge in [-0.3, -0.25) is 9.69 Å². The number of hydrogen-bond donors (Lipinski definition) is 0. The highest BCUT2D eigenvalue weighted by molar-refractivity contribution is 5.83. The average Bonchev–Trinajstić information content (AvgIpc) is 2.28. The number of amides is 1. The lowest BCUT2D eigenvalue weighted by Crippen LogP contribution is -2.37. The molecule has 0 atom stereocenters. The van der Waals surface area contributed by atoms with Crippen molar-refractivity contribution < 1.29 is 14.3 Å². The zero-order valence-electron chi connectivity index (χ0n) is 9.62. The molecule has 0 spiro atoms. The number of nitrogens with zero attached hydrogens (tertiary/aromatic N) is 1. The van der Waals surface area contributed by atoms with Crippen LogP contribution in [-0.4, -0.2) is 29.9 Å². The number of ether oxygens (including phenoxy) is 1. The molecule has 0 aromatic rings. The highest BCUT2D eigenvalue weighted by Gasteiger charge is 2.29. The summed E-state index contributed by atoms with van der Waals surface area (Å²) < 4.78 is 5.03. The predicted octanol–water partition coefficient (Wildman–Crippen LogP) is 2.25. The van der Waals surface area contributed by atoms with E-state index in [0.717, 1.165) is 30.7 Å². The number of carbonyl (C=O) groups is 2.